The van der Waals surface area contributed by atoms with E-state index < -0.39 is 5.97 Å². The molecule has 0 aliphatic carbocycles. The number of hydrogen-bond donors (Lipinski definition) is 2. The number of unbranched alkanes of at least 4 members (excludes halogenated alkanes) is 7. The van der Waals surface area contributed by atoms with E-state index in [1.54, 1.807) is 12.2 Å². The van der Waals surface area contributed by atoms with Gasteiger partial charge < -0.3 is 10.2 Å². The molecule has 0 rings (SSSR count). The molecular weight excluding hydrogens is 312 g/mol. The molecule has 0 fully saturated rings. The van der Waals surface area contributed by atoms with Crippen molar-refractivity contribution in [3.63, 3.8) is 0 Å². The van der Waals surface area contributed by atoms with Crippen LogP contribution in [0.3, 0.4) is 0 Å². The van der Waals surface area contributed by atoms with Crippen LogP contribution in [0.25, 0.3) is 0 Å². The molecule has 3 heteroatoms. The Balaban J connectivity index is 3.79. The number of allylic oxidation sites excluding steroid dienone is 9. The van der Waals surface area contributed by atoms with Gasteiger partial charge in [0.25, 0.3) is 0 Å². The maximum absolute atomic E-state index is 10.8. The highest BCUT2D eigenvalue weighted by Gasteiger charge is 2.03. The normalized spacial score (nSPS) is 13.1. The van der Waals surface area contributed by atoms with Crippen molar-refractivity contribution >= 4 is 5.97 Å². The van der Waals surface area contributed by atoms with E-state index in [0.717, 1.165) is 6.42 Å². The van der Waals surface area contributed by atoms with Gasteiger partial charge in [0.15, 0.2) is 0 Å². The number of carboxylic acid groups (broad SMARTS) is 1. The number of hydrogen-bond acceptors (Lipinski definition) is 2. The summed E-state index contributed by atoms with van der Waals surface area (Å²) in [6.45, 7) is 2.09. The van der Waals surface area contributed by atoms with E-state index in [0.29, 0.717) is 0 Å². The Morgan fingerprint density at radius 3 is 1.96 bits per heavy atom. The molecular formula is C22H34O3. The number of aliphatic hydroxyl groups is 1. The topological polar surface area (TPSA) is 57.5 Å². The lowest BCUT2D eigenvalue weighted by Crippen LogP contribution is -2.01. The fraction of sp³-hybridized carbons (Fsp3) is 0.500. The molecule has 0 aromatic carbocycles. The molecule has 0 unspecified atom stereocenters. The average Bonchev–Trinajstić information content (AvgIpc) is 2.60. The number of carbonyl (C=O) groups is 1. The molecule has 3 nitrogen and oxygen atoms in total. The average molecular weight is 347 g/mol. The Bertz CT molecular complexity index is 468. The lowest BCUT2D eigenvalue weighted by atomic mass is 10.1. The Hall–Kier alpha value is -1.87. The number of aliphatic hydroxyl groups excluding tert-OH is 1. The van der Waals surface area contributed by atoms with Gasteiger partial charge in [0.05, 0.1) is 0 Å². The van der Waals surface area contributed by atoms with Gasteiger partial charge in [0.2, 0.25) is 0 Å². The van der Waals surface area contributed by atoms with E-state index in [4.69, 9.17) is 10.2 Å². The first-order valence-electron chi connectivity index (χ1n) is 9.42. The molecule has 0 bridgehead atoms. The van der Waals surface area contributed by atoms with Crippen molar-refractivity contribution in [1.29, 1.82) is 0 Å². The minimum Gasteiger partial charge on any atom is -0.478 e. The molecule has 0 aromatic rings. The van der Waals surface area contributed by atoms with Gasteiger partial charge >= 0.3 is 5.97 Å². The minimum absolute atomic E-state index is 0.157. The fourth-order valence-corrected chi connectivity index (χ4v) is 2.27. The van der Waals surface area contributed by atoms with Crippen molar-refractivity contribution in [3.05, 3.63) is 60.3 Å². The van der Waals surface area contributed by atoms with Crippen LogP contribution in [-0.4, -0.2) is 22.8 Å². The smallest absolute Gasteiger partial charge is 0.331 e. The molecule has 0 heterocycles. The standard InChI is InChI=1S/C22H34O3/c1-2-3-4-5-6-7-8-9-10-11-12-13-14-15-16-17-18-21(19-20-23)22(24)25/h10-18,23H,2-9,19-20H2,1H3,(H,24,25)/b11-10+,13-12+,15-14+,17-16+,21-18+. The van der Waals surface area contributed by atoms with E-state index >= 15 is 0 Å². The molecule has 0 radical (unpaired) electrons. The summed E-state index contributed by atoms with van der Waals surface area (Å²) in [5.74, 6) is -0.992. The highest BCUT2D eigenvalue weighted by Crippen LogP contribution is 2.08. The van der Waals surface area contributed by atoms with Gasteiger partial charge in [-0.2, -0.15) is 0 Å². The minimum atomic E-state index is -0.992. The molecule has 0 spiro atoms. The maximum atomic E-state index is 10.8. The quantitative estimate of drug-likeness (QED) is 0.226. The van der Waals surface area contributed by atoms with Crippen LogP contribution in [-0.2, 0) is 4.79 Å². The number of carboxylic acids is 1. The van der Waals surface area contributed by atoms with Gasteiger partial charge in [-0.1, -0.05) is 100 Å². The van der Waals surface area contributed by atoms with Gasteiger partial charge in [0.1, 0.15) is 0 Å². The molecule has 25 heavy (non-hydrogen) atoms. The first kappa shape index (κ1) is 23.1. The molecule has 140 valence electrons. The molecule has 2 N–H and O–H groups in total. The predicted molar refractivity (Wildman–Crippen MR) is 107 cm³/mol. The number of aliphatic carboxylic acids is 1. The van der Waals surface area contributed by atoms with Crippen LogP contribution in [0.1, 0.15) is 64.7 Å². The molecule has 0 amide bonds. The van der Waals surface area contributed by atoms with Crippen molar-refractivity contribution in [2.24, 2.45) is 0 Å². The first-order valence-corrected chi connectivity index (χ1v) is 9.42. The van der Waals surface area contributed by atoms with E-state index in [9.17, 15) is 4.79 Å². The summed E-state index contributed by atoms with van der Waals surface area (Å²) in [6, 6.07) is 0. The van der Waals surface area contributed by atoms with Crippen LogP contribution < -0.4 is 0 Å². The summed E-state index contributed by atoms with van der Waals surface area (Å²) in [6.07, 6.45) is 27.6. The van der Waals surface area contributed by atoms with Gasteiger partial charge in [0, 0.05) is 18.6 Å². The summed E-state index contributed by atoms with van der Waals surface area (Å²) >= 11 is 0. The Morgan fingerprint density at radius 2 is 1.36 bits per heavy atom. The second kappa shape index (κ2) is 18.5. The molecule has 0 saturated carbocycles. The van der Waals surface area contributed by atoms with E-state index in [2.05, 4.69) is 19.1 Å². The molecule has 0 aliphatic rings. The van der Waals surface area contributed by atoms with E-state index in [-0.39, 0.29) is 18.6 Å². The number of rotatable bonds is 15. The summed E-state index contributed by atoms with van der Waals surface area (Å²) in [7, 11) is 0. The van der Waals surface area contributed by atoms with E-state index in [1.807, 2.05) is 24.3 Å². The SMILES string of the molecule is CCCCCCCCC/C=C/C=C/C=C/C=C/C=C(\CCO)C(=O)O. The second-order valence-corrected chi connectivity index (χ2v) is 5.96. The lowest BCUT2D eigenvalue weighted by Gasteiger charge is -1.98. The van der Waals surface area contributed by atoms with Crippen LogP contribution in [0.4, 0.5) is 0 Å². The third kappa shape index (κ3) is 16.8. The van der Waals surface area contributed by atoms with Crippen molar-refractivity contribution in [3.8, 4) is 0 Å². The van der Waals surface area contributed by atoms with Crippen molar-refractivity contribution < 1.29 is 15.0 Å². The van der Waals surface area contributed by atoms with Crippen LogP contribution >= 0.6 is 0 Å². The summed E-state index contributed by atoms with van der Waals surface area (Å²) in [5.41, 5.74) is 0.205. The van der Waals surface area contributed by atoms with Gasteiger partial charge in [-0.25, -0.2) is 4.79 Å². The predicted octanol–water partition coefficient (Wildman–Crippen LogP) is 5.75. The highest BCUT2D eigenvalue weighted by atomic mass is 16.4. The zero-order valence-corrected chi connectivity index (χ0v) is 15.6. The third-order valence-corrected chi connectivity index (χ3v) is 3.73. The van der Waals surface area contributed by atoms with Gasteiger partial charge in [-0.15, -0.1) is 0 Å². The van der Waals surface area contributed by atoms with Crippen LogP contribution in [0.15, 0.2) is 60.3 Å². The van der Waals surface area contributed by atoms with Gasteiger partial charge in [-0.3, -0.25) is 0 Å². The largest absolute Gasteiger partial charge is 0.478 e. The van der Waals surface area contributed by atoms with Crippen molar-refractivity contribution in [1.82, 2.24) is 0 Å². The Kier molecular flexibility index (Phi) is 17.1. The zero-order chi connectivity index (χ0) is 18.6. The summed E-state index contributed by atoms with van der Waals surface area (Å²) in [5, 5.41) is 17.6. The monoisotopic (exact) mass is 346 g/mol. The third-order valence-electron chi connectivity index (χ3n) is 3.73. The molecule has 0 atom stereocenters. The van der Waals surface area contributed by atoms with Crippen LogP contribution in [0, 0.1) is 0 Å². The summed E-state index contributed by atoms with van der Waals surface area (Å²) < 4.78 is 0. The fourth-order valence-electron chi connectivity index (χ4n) is 2.27. The molecule has 0 aromatic heterocycles. The lowest BCUT2D eigenvalue weighted by molar-refractivity contribution is -0.132. The second-order valence-electron chi connectivity index (χ2n) is 5.96. The van der Waals surface area contributed by atoms with Crippen LogP contribution in [0.5, 0.6) is 0 Å². The highest BCUT2D eigenvalue weighted by molar-refractivity contribution is 5.86. The molecule has 0 saturated heterocycles. The van der Waals surface area contributed by atoms with E-state index in [1.165, 1.54) is 51.0 Å². The Labute approximate surface area is 153 Å². The van der Waals surface area contributed by atoms with Crippen molar-refractivity contribution in [2.45, 2.75) is 64.7 Å². The van der Waals surface area contributed by atoms with Crippen LogP contribution in [0.2, 0.25) is 0 Å². The summed E-state index contributed by atoms with van der Waals surface area (Å²) in [4.78, 5) is 10.8. The first-order chi connectivity index (χ1) is 12.2. The van der Waals surface area contributed by atoms with Crippen molar-refractivity contribution in [2.75, 3.05) is 6.61 Å². The van der Waals surface area contributed by atoms with Gasteiger partial charge in [-0.05, 0) is 12.8 Å². The zero-order valence-electron chi connectivity index (χ0n) is 15.6. The maximum Gasteiger partial charge on any atom is 0.331 e. The molecule has 0 aliphatic heterocycles. The Morgan fingerprint density at radius 1 is 0.800 bits per heavy atom.